The highest BCUT2D eigenvalue weighted by Gasteiger charge is 2.19. The van der Waals surface area contributed by atoms with Crippen molar-refractivity contribution < 1.29 is 28.6 Å². The van der Waals surface area contributed by atoms with Crippen LogP contribution < -0.4 is 0 Å². The Bertz CT molecular complexity index is 1520. The topological polar surface area (TPSA) is 78.9 Å². The van der Waals surface area contributed by atoms with Crippen molar-refractivity contribution in [1.82, 2.24) is 0 Å². The van der Waals surface area contributed by atoms with E-state index in [0.717, 1.165) is 148 Å². The van der Waals surface area contributed by atoms with Crippen LogP contribution in [0.3, 0.4) is 0 Å². The summed E-state index contributed by atoms with van der Waals surface area (Å²) in [7, 11) is 0. The number of allylic oxidation sites excluding steroid dienone is 20. The van der Waals surface area contributed by atoms with Crippen LogP contribution in [0.2, 0.25) is 0 Å². The smallest absolute Gasteiger partial charge is 0.306 e. The van der Waals surface area contributed by atoms with E-state index in [-0.39, 0.29) is 31.1 Å². The fourth-order valence-corrected chi connectivity index (χ4v) is 7.85. The summed E-state index contributed by atoms with van der Waals surface area (Å²) in [5.74, 6) is -0.945. The van der Waals surface area contributed by atoms with Crippen LogP contribution in [-0.2, 0) is 28.6 Å². The van der Waals surface area contributed by atoms with Gasteiger partial charge in [0.1, 0.15) is 13.2 Å². The lowest BCUT2D eigenvalue weighted by molar-refractivity contribution is -0.167. The van der Waals surface area contributed by atoms with E-state index in [1.54, 1.807) is 0 Å². The Kier molecular flexibility index (Phi) is 55.9. The Labute approximate surface area is 443 Å². The van der Waals surface area contributed by atoms with Crippen LogP contribution in [0.1, 0.15) is 258 Å². The van der Waals surface area contributed by atoms with E-state index in [9.17, 15) is 14.4 Å². The Morgan fingerprint density at radius 2 is 0.542 bits per heavy atom. The fourth-order valence-electron chi connectivity index (χ4n) is 7.85. The van der Waals surface area contributed by atoms with Crippen molar-refractivity contribution in [2.24, 2.45) is 0 Å². The van der Waals surface area contributed by atoms with E-state index in [2.05, 4.69) is 142 Å². The van der Waals surface area contributed by atoms with Gasteiger partial charge in [0.25, 0.3) is 0 Å². The minimum absolute atomic E-state index is 0.0987. The van der Waals surface area contributed by atoms with E-state index >= 15 is 0 Å². The number of hydrogen-bond acceptors (Lipinski definition) is 6. The maximum absolute atomic E-state index is 12.8. The first-order valence-electron chi connectivity index (χ1n) is 29.5. The van der Waals surface area contributed by atoms with Gasteiger partial charge in [0.2, 0.25) is 0 Å². The molecule has 0 amide bonds. The van der Waals surface area contributed by atoms with Gasteiger partial charge in [0.05, 0.1) is 0 Å². The SMILES string of the molecule is CC/C=C\C/C=C\C/C=C\C/C=C\C/C=C\C/C=C\C/C=C\CCCCCCCC(=O)OCC(COC(=O)CCCCC/C=C\C/C=C\C/C=C\CC)OC(=O)CCCCCCCCCCCCCCCC. The third kappa shape index (κ3) is 56.7. The molecule has 408 valence electrons. The Hall–Kier alpha value is -4.19. The van der Waals surface area contributed by atoms with Gasteiger partial charge >= 0.3 is 17.9 Å². The number of carbonyl (C=O) groups is 3. The molecule has 0 spiro atoms. The van der Waals surface area contributed by atoms with Crippen LogP contribution in [0, 0.1) is 0 Å². The van der Waals surface area contributed by atoms with Crippen molar-refractivity contribution in [3.05, 3.63) is 122 Å². The number of ether oxygens (including phenoxy) is 3. The summed E-state index contributed by atoms with van der Waals surface area (Å²) in [6.07, 6.45) is 81.9. The van der Waals surface area contributed by atoms with Gasteiger partial charge in [-0.25, -0.2) is 0 Å². The van der Waals surface area contributed by atoms with Crippen LogP contribution >= 0.6 is 0 Å². The molecule has 0 N–H and O–H groups in total. The molecule has 0 aliphatic carbocycles. The molecule has 72 heavy (non-hydrogen) atoms. The highest BCUT2D eigenvalue weighted by atomic mass is 16.6. The van der Waals surface area contributed by atoms with Gasteiger partial charge in [-0.1, -0.05) is 251 Å². The van der Waals surface area contributed by atoms with E-state index in [1.165, 1.54) is 70.6 Å². The van der Waals surface area contributed by atoms with Crippen molar-refractivity contribution in [1.29, 1.82) is 0 Å². The highest BCUT2D eigenvalue weighted by Crippen LogP contribution is 2.15. The first-order chi connectivity index (χ1) is 35.5. The average molecular weight is 998 g/mol. The van der Waals surface area contributed by atoms with E-state index in [1.807, 2.05) is 0 Å². The predicted molar refractivity (Wildman–Crippen MR) is 311 cm³/mol. The zero-order valence-electron chi connectivity index (χ0n) is 46.7. The van der Waals surface area contributed by atoms with Crippen molar-refractivity contribution in [3.63, 3.8) is 0 Å². The minimum atomic E-state index is -0.800. The summed E-state index contributed by atoms with van der Waals surface area (Å²) in [5.41, 5.74) is 0. The molecule has 0 aliphatic rings. The molecule has 0 aromatic rings. The molecule has 0 bridgehead atoms. The lowest BCUT2D eigenvalue weighted by Crippen LogP contribution is -2.30. The molecule has 0 aliphatic heterocycles. The molecule has 0 radical (unpaired) electrons. The summed E-state index contributed by atoms with van der Waals surface area (Å²) >= 11 is 0. The van der Waals surface area contributed by atoms with E-state index < -0.39 is 6.10 Å². The lowest BCUT2D eigenvalue weighted by Gasteiger charge is -2.18. The second-order valence-corrected chi connectivity index (χ2v) is 19.1. The Morgan fingerprint density at radius 3 is 0.861 bits per heavy atom. The summed E-state index contributed by atoms with van der Waals surface area (Å²) in [6.45, 7) is 6.37. The molecule has 6 heteroatoms. The maximum atomic E-state index is 12.8. The number of esters is 3. The van der Waals surface area contributed by atoms with Gasteiger partial charge in [0, 0.05) is 19.3 Å². The van der Waals surface area contributed by atoms with Gasteiger partial charge in [-0.3, -0.25) is 14.4 Å². The van der Waals surface area contributed by atoms with E-state index in [0.29, 0.717) is 19.3 Å². The second-order valence-electron chi connectivity index (χ2n) is 19.1. The van der Waals surface area contributed by atoms with Gasteiger partial charge in [0.15, 0.2) is 6.10 Å². The standard InChI is InChI=1S/C66H108O6/c1-4-7-10-13-16-19-22-25-27-28-29-30-31-32-33-34-35-36-37-38-39-42-44-47-50-53-56-59-65(68)71-62-63(61-70-64(67)58-55-52-49-46-43-40-24-21-18-15-12-9-6-3)72-66(69)60-57-54-51-48-45-41-26-23-20-17-14-11-8-5-2/h7,9-10,12,16,18-19,21,25,27,29-30,32-33,35-36,38-40,43,63H,4-6,8,11,13-15,17,20,22-24,26,28,31,34,37,41-42,44-62H2,1-3H3/b10-7-,12-9-,19-16-,21-18-,27-25-,30-29-,33-32-,36-35-,39-38-,43-40-. The molecule has 1 atom stereocenters. The maximum Gasteiger partial charge on any atom is 0.306 e. The van der Waals surface area contributed by atoms with Gasteiger partial charge in [-0.05, 0) is 109 Å². The zero-order chi connectivity index (χ0) is 52.2. The molecule has 0 aromatic carbocycles. The molecule has 1 unspecified atom stereocenters. The second kappa shape index (κ2) is 59.4. The molecule has 0 rings (SSSR count). The Balaban J connectivity index is 4.38. The Morgan fingerprint density at radius 1 is 0.292 bits per heavy atom. The summed E-state index contributed by atoms with van der Waals surface area (Å²) in [6, 6.07) is 0. The van der Waals surface area contributed by atoms with Crippen LogP contribution in [0.15, 0.2) is 122 Å². The molecular weight excluding hydrogens is 889 g/mol. The quantitative estimate of drug-likeness (QED) is 0.0261. The van der Waals surface area contributed by atoms with Crippen molar-refractivity contribution in [2.45, 2.75) is 264 Å². The number of rotatable bonds is 52. The number of hydrogen-bond donors (Lipinski definition) is 0. The summed E-state index contributed by atoms with van der Waals surface area (Å²) in [4.78, 5) is 38.1. The van der Waals surface area contributed by atoms with Crippen molar-refractivity contribution >= 4 is 17.9 Å². The molecule has 0 saturated carbocycles. The summed E-state index contributed by atoms with van der Waals surface area (Å²) < 4.78 is 16.8. The predicted octanol–water partition coefficient (Wildman–Crippen LogP) is 20.0. The normalized spacial score (nSPS) is 13.0. The number of carbonyl (C=O) groups excluding carboxylic acids is 3. The zero-order valence-corrected chi connectivity index (χ0v) is 46.7. The molecular formula is C66H108O6. The molecule has 0 saturated heterocycles. The largest absolute Gasteiger partial charge is 0.462 e. The van der Waals surface area contributed by atoms with Crippen LogP contribution in [0.5, 0.6) is 0 Å². The molecule has 6 nitrogen and oxygen atoms in total. The van der Waals surface area contributed by atoms with Crippen molar-refractivity contribution in [2.75, 3.05) is 13.2 Å². The number of unbranched alkanes of at least 4 members (excludes halogenated alkanes) is 21. The third-order valence-corrected chi connectivity index (χ3v) is 12.2. The van der Waals surface area contributed by atoms with Gasteiger partial charge in [-0.2, -0.15) is 0 Å². The van der Waals surface area contributed by atoms with Crippen LogP contribution in [0.25, 0.3) is 0 Å². The first-order valence-corrected chi connectivity index (χ1v) is 29.5. The fraction of sp³-hybridized carbons (Fsp3) is 0.652. The van der Waals surface area contributed by atoms with Gasteiger partial charge < -0.3 is 14.2 Å². The highest BCUT2D eigenvalue weighted by molar-refractivity contribution is 5.71. The first kappa shape index (κ1) is 67.8. The van der Waals surface area contributed by atoms with E-state index in [4.69, 9.17) is 14.2 Å². The molecule has 0 aromatic heterocycles. The monoisotopic (exact) mass is 997 g/mol. The van der Waals surface area contributed by atoms with Crippen LogP contribution in [-0.4, -0.2) is 37.2 Å². The lowest BCUT2D eigenvalue weighted by atomic mass is 10.0. The summed E-state index contributed by atoms with van der Waals surface area (Å²) in [5, 5.41) is 0. The molecule has 0 fully saturated rings. The minimum Gasteiger partial charge on any atom is -0.462 e. The van der Waals surface area contributed by atoms with Crippen molar-refractivity contribution in [3.8, 4) is 0 Å². The average Bonchev–Trinajstić information content (AvgIpc) is 3.38. The van der Waals surface area contributed by atoms with Crippen LogP contribution in [0.4, 0.5) is 0 Å². The third-order valence-electron chi connectivity index (χ3n) is 12.2. The molecule has 0 heterocycles. The van der Waals surface area contributed by atoms with Gasteiger partial charge in [-0.15, -0.1) is 0 Å².